The van der Waals surface area contributed by atoms with Crippen LogP contribution in [-0.4, -0.2) is 38.8 Å². The summed E-state index contributed by atoms with van der Waals surface area (Å²) in [6.45, 7) is 4.78. The maximum absolute atomic E-state index is 12.4. The number of aryl methyl sites for hydroxylation is 2. The third-order valence-corrected chi connectivity index (χ3v) is 5.22. The number of aromatic amines is 1. The van der Waals surface area contributed by atoms with E-state index in [1.54, 1.807) is 4.90 Å². The Morgan fingerprint density at radius 3 is 2.41 bits per heavy atom. The first-order valence-electron chi connectivity index (χ1n) is 8.99. The predicted octanol–water partition coefficient (Wildman–Crippen LogP) is 4.09. The second kappa shape index (κ2) is 8.86. The largest absolute Gasteiger partial charge is 0.341 e. The molecule has 0 radical (unpaired) electrons. The Morgan fingerprint density at radius 2 is 1.74 bits per heavy atom. The van der Waals surface area contributed by atoms with Crippen molar-refractivity contribution in [2.45, 2.75) is 32.0 Å². The smallest absolute Gasteiger partial charge is 0.233 e. The van der Waals surface area contributed by atoms with Crippen molar-refractivity contribution >= 4 is 17.7 Å². The van der Waals surface area contributed by atoms with Gasteiger partial charge in [-0.2, -0.15) is 0 Å². The lowest BCUT2D eigenvalue weighted by molar-refractivity contribution is -0.127. The van der Waals surface area contributed by atoms with Crippen LogP contribution in [0, 0.1) is 6.92 Å². The molecule has 6 heteroatoms. The van der Waals surface area contributed by atoms with Crippen molar-refractivity contribution in [3.05, 3.63) is 65.2 Å². The third kappa shape index (κ3) is 5.20. The zero-order valence-electron chi connectivity index (χ0n) is 15.9. The highest BCUT2D eigenvalue weighted by Gasteiger charge is 2.13. The number of amides is 1. The first-order chi connectivity index (χ1) is 13.0. The molecule has 1 aromatic heterocycles. The monoisotopic (exact) mass is 380 g/mol. The molecule has 1 amide bonds. The Morgan fingerprint density at radius 1 is 1.07 bits per heavy atom. The molecule has 0 atom stereocenters. The van der Waals surface area contributed by atoms with Crippen molar-refractivity contribution in [2.24, 2.45) is 0 Å². The molecule has 3 rings (SSSR count). The fourth-order valence-corrected chi connectivity index (χ4v) is 3.37. The van der Waals surface area contributed by atoms with Gasteiger partial charge in [0.05, 0.1) is 5.75 Å². The van der Waals surface area contributed by atoms with Crippen molar-refractivity contribution in [2.75, 3.05) is 12.8 Å². The minimum Gasteiger partial charge on any atom is -0.341 e. The van der Waals surface area contributed by atoms with Gasteiger partial charge in [0.1, 0.15) is 0 Å². The lowest BCUT2D eigenvalue weighted by Gasteiger charge is -2.16. The number of nitrogens with one attached hydrogen (secondary N) is 1. The van der Waals surface area contributed by atoms with E-state index in [0.717, 1.165) is 23.4 Å². The zero-order valence-corrected chi connectivity index (χ0v) is 16.7. The molecule has 0 spiro atoms. The molecule has 27 heavy (non-hydrogen) atoms. The van der Waals surface area contributed by atoms with E-state index in [4.69, 9.17) is 0 Å². The molecule has 0 aliphatic carbocycles. The van der Waals surface area contributed by atoms with E-state index in [-0.39, 0.29) is 5.91 Å². The Bertz CT molecular complexity index is 887. The minimum atomic E-state index is 0.0548. The molecule has 5 nitrogen and oxygen atoms in total. The van der Waals surface area contributed by atoms with E-state index in [2.05, 4.69) is 65.4 Å². The summed E-state index contributed by atoms with van der Waals surface area (Å²) in [5.74, 6) is 1.09. The van der Waals surface area contributed by atoms with Crippen molar-refractivity contribution < 1.29 is 4.79 Å². The molecular formula is C21H24N4OS. The van der Waals surface area contributed by atoms with Crippen LogP contribution in [0.2, 0.25) is 0 Å². The summed E-state index contributed by atoms with van der Waals surface area (Å²) in [5, 5.41) is 7.75. The Hall–Kier alpha value is -2.60. The summed E-state index contributed by atoms with van der Waals surface area (Å²) in [6.07, 6.45) is 1.01. The summed E-state index contributed by atoms with van der Waals surface area (Å²) in [6, 6.07) is 16.5. The van der Waals surface area contributed by atoms with Crippen LogP contribution < -0.4 is 0 Å². The summed E-state index contributed by atoms with van der Waals surface area (Å²) < 4.78 is 0. The highest BCUT2D eigenvalue weighted by molar-refractivity contribution is 7.99. The molecule has 0 saturated carbocycles. The van der Waals surface area contributed by atoms with E-state index < -0.39 is 0 Å². The summed E-state index contributed by atoms with van der Waals surface area (Å²) in [4.78, 5) is 18.6. The van der Waals surface area contributed by atoms with Gasteiger partial charge >= 0.3 is 0 Å². The maximum Gasteiger partial charge on any atom is 0.233 e. The van der Waals surface area contributed by atoms with Gasteiger partial charge in [0, 0.05) is 19.2 Å². The molecule has 3 aromatic rings. The summed E-state index contributed by atoms with van der Waals surface area (Å²) in [5.41, 5.74) is 4.62. The molecule has 1 heterocycles. The minimum absolute atomic E-state index is 0.0548. The lowest BCUT2D eigenvalue weighted by atomic mass is 10.1. The number of carbonyl (C=O) groups excluding carboxylic acids is 1. The van der Waals surface area contributed by atoms with Gasteiger partial charge in [-0.3, -0.25) is 9.89 Å². The number of H-pyrrole nitrogens is 1. The van der Waals surface area contributed by atoms with Crippen LogP contribution in [0.4, 0.5) is 0 Å². The van der Waals surface area contributed by atoms with Crippen LogP contribution in [0.5, 0.6) is 0 Å². The van der Waals surface area contributed by atoms with Crippen LogP contribution >= 0.6 is 11.8 Å². The number of rotatable bonds is 7. The third-order valence-electron chi connectivity index (χ3n) is 4.39. The van der Waals surface area contributed by atoms with Crippen LogP contribution in [0.1, 0.15) is 23.6 Å². The molecule has 0 bridgehead atoms. The Labute approximate surface area is 164 Å². The number of thioether (sulfide) groups is 1. The molecule has 0 aliphatic heterocycles. The SMILES string of the molecule is CCc1ccc(-c2nc(SCC(=O)N(C)Cc3ccc(C)cc3)n[nH]2)cc1. The lowest BCUT2D eigenvalue weighted by Crippen LogP contribution is -2.27. The highest BCUT2D eigenvalue weighted by Crippen LogP contribution is 2.20. The highest BCUT2D eigenvalue weighted by atomic mass is 32.2. The van der Waals surface area contributed by atoms with E-state index in [1.807, 2.05) is 19.2 Å². The topological polar surface area (TPSA) is 61.9 Å². The summed E-state index contributed by atoms with van der Waals surface area (Å²) >= 11 is 1.35. The van der Waals surface area contributed by atoms with Gasteiger partial charge in [-0.05, 0) is 24.5 Å². The summed E-state index contributed by atoms with van der Waals surface area (Å²) in [7, 11) is 1.82. The van der Waals surface area contributed by atoms with Gasteiger partial charge in [0.2, 0.25) is 11.1 Å². The number of carbonyl (C=O) groups is 1. The molecule has 1 N–H and O–H groups in total. The molecular weight excluding hydrogens is 356 g/mol. The average molecular weight is 381 g/mol. The number of aromatic nitrogens is 3. The van der Waals surface area contributed by atoms with Crippen LogP contribution in [0.25, 0.3) is 11.4 Å². The van der Waals surface area contributed by atoms with Crippen molar-refractivity contribution in [1.82, 2.24) is 20.1 Å². The first kappa shape index (κ1) is 19.2. The fourth-order valence-electron chi connectivity index (χ4n) is 2.63. The fraction of sp³-hybridized carbons (Fsp3) is 0.286. The normalized spacial score (nSPS) is 10.8. The molecule has 0 saturated heterocycles. The van der Waals surface area contributed by atoms with Crippen LogP contribution in [-0.2, 0) is 17.8 Å². The molecule has 0 unspecified atom stereocenters. The van der Waals surface area contributed by atoms with Crippen LogP contribution in [0.3, 0.4) is 0 Å². The van der Waals surface area contributed by atoms with Crippen molar-refractivity contribution in [3.63, 3.8) is 0 Å². The van der Waals surface area contributed by atoms with Crippen molar-refractivity contribution in [3.8, 4) is 11.4 Å². The van der Waals surface area contributed by atoms with Gasteiger partial charge in [-0.1, -0.05) is 72.8 Å². The van der Waals surface area contributed by atoms with E-state index in [0.29, 0.717) is 17.5 Å². The second-order valence-corrected chi connectivity index (χ2v) is 7.48. The van der Waals surface area contributed by atoms with Gasteiger partial charge < -0.3 is 4.90 Å². The Balaban J connectivity index is 1.54. The average Bonchev–Trinajstić information content (AvgIpc) is 3.17. The van der Waals surface area contributed by atoms with E-state index >= 15 is 0 Å². The molecule has 0 aliphatic rings. The predicted molar refractivity (Wildman–Crippen MR) is 110 cm³/mol. The standard InChI is InChI=1S/C21H24N4OS/c1-4-16-9-11-18(12-10-16)20-22-21(24-23-20)27-14-19(26)25(3)13-17-7-5-15(2)6-8-17/h5-12H,4,13-14H2,1-3H3,(H,22,23,24). The van der Waals surface area contributed by atoms with Gasteiger partial charge in [0.15, 0.2) is 5.82 Å². The first-order valence-corrected chi connectivity index (χ1v) is 9.97. The maximum atomic E-state index is 12.4. The number of hydrogen-bond donors (Lipinski definition) is 1. The zero-order chi connectivity index (χ0) is 19.2. The van der Waals surface area contributed by atoms with Gasteiger partial charge in [-0.25, -0.2) is 4.98 Å². The van der Waals surface area contributed by atoms with Crippen molar-refractivity contribution in [1.29, 1.82) is 0 Å². The number of benzene rings is 2. The number of hydrogen-bond acceptors (Lipinski definition) is 4. The second-order valence-electron chi connectivity index (χ2n) is 6.54. The number of nitrogens with zero attached hydrogens (tertiary/aromatic N) is 3. The molecule has 0 fully saturated rings. The van der Waals surface area contributed by atoms with Crippen LogP contribution in [0.15, 0.2) is 53.7 Å². The van der Waals surface area contributed by atoms with E-state index in [9.17, 15) is 4.79 Å². The van der Waals surface area contributed by atoms with Gasteiger partial charge in [-0.15, -0.1) is 5.10 Å². The Kier molecular flexibility index (Phi) is 6.29. The van der Waals surface area contributed by atoms with Gasteiger partial charge in [0.25, 0.3) is 0 Å². The quantitative estimate of drug-likeness (QED) is 0.627. The molecule has 140 valence electrons. The van der Waals surface area contributed by atoms with E-state index in [1.165, 1.54) is 22.9 Å². The molecule has 2 aromatic carbocycles.